The van der Waals surface area contributed by atoms with Crippen molar-refractivity contribution >= 4 is 0 Å². The Morgan fingerprint density at radius 1 is 1.33 bits per heavy atom. The van der Waals surface area contributed by atoms with Crippen molar-refractivity contribution in [1.29, 1.82) is 5.26 Å². The molecule has 0 saturated heterocycles. The molecule has 1 unspecified atom stereocenters. The maximum Gasteiger partial charge on any atom is 0.119 e. The van der Waals surface area contributed by atoms with Crippen molar-refractivity contribution in [1.82, 2.24) is 10.2 Å². The molecule has 0 spiro atoms. The zero-order valence-electron chi connectivity index (χ0n) is 13.0. The van der Waals surface area contributed by atoms with Gasteiger partial charge in [-0.25, -0.2) is 0 Å². The zero-order valence-corrected chi connectivity index (χ0v) is 13.0. The molecule has 2 N–H and O–H groups in total. The Morgan fingerprint density at radius 2 is 2.00 bits per heavy atom. The molecule has 0 aliphatic carbocycles. The molecule has 0 heterocycles. The molecular weight excluding hydrogens is 266 g/mol. The number of nitrogens with zero attached hydrogens (tertiary/aromatic N) is 2. The molecule has 0 radical (unpaired) electrons. The van der Waals surface area contributed by atoms with Crippen molar-refractivity contribution < 1.29 is 9.84 Å². The number of nitriles is 1. The molecule has 1 rings (SSSR count). The third kappa shape index (κ3) is 7.09. The van der Waals surface area contributed by atoms with Crippen LogP contribution in [0.3, 0.4) is 0 Å². The van der Waals surface area contributed by atoms with E-state index in [-0.39, 0.29) is 6.61 Å². The fraction of sp³-hybridized carbons (Fsp3) is 0.562. The van der Waals surface area contributed by atoms with E-state index in [1.165, 1.54) is 0 Å². The van der Waals surface area contributed by atoms with Gasteiger partial charge in [-0.2, -0.15) is 5.26 Å². The van der Waals surface area contributed by atoms with Crippen LogP contribution in [0.5, 0.6) is 5.75 Å². The molecule has 1 atom stereocenters. The first-order valence-electron chi connectivity index (χ1n) is 7.25. The van der Waals surface area contributed by atoms with Gasteiger partial charge in [0.15, 0.2) is 0 Å². The van der Waals surface area contributed by atoms with E-state index in [0.29, 0.717) is 23.9 Å². The molecular formula is C16H25N3O2. The highest BCUT2D eigenvalue weighted by Crippen LogP contribution is 2.11. The Kier molecular flexibility index (Phi) is 7.76. The van der Waals surface area contributed by atoms with Crippen LogP contribution in [0, 0.1) is 11.3 Å². The first-order valence-corrected chi connectivity index (χ1v) is 7.25. The van der Waals surface area contributed by atoms with Crippen molar-refractivity contribution in [3.8, 4) is 11.8 Å². The normalized spacial score (nSPS) is 12.4. The maximum atomic E-state index is 9.83. The molecule has 0 aromatic heterocycles. The fourth-order valence-corrected chi connectivity index (χ4v) is 1.66. The molecule has 0 aliphatic heterocycles. The second kappa shape index (κ2) is 9.35. The summed E-state index contributed by atoms with van der Waals surface area (Å²) in [6, 6.07) is 9.43. The second-order valence-corrected chi connectivity index (χ2v) is 5.38. The number of hydrogen-bond acceptors (Lipinski definition) is 5. The summed E-state index contributed by atoms with van der Waals surface area (Å²) in [5, 5.41) is 21.7. The standard InChI is InChI=1S/C16H25N3O2/c1-13(2)19(3)9-8-18-11-15(20)12-21-16-6-4-14(10-17)5-7-16/h4-7,13,15,18,20H,8-9,11-12H2,1-3H3. The Bertz CT molecular complexity index is 440. The number of hydrogen-bond donors (Lipinski definition) is 2. The van der Waals surface area contributed by atoms with Crippen LogP contribution in [0.25, 0.3) is 0 Å². The number of likely N-dealkylation sites (N-methyl/N-ethyl adjacent to an activating group) is 1. The van der Waals surface area contributed by atoms with Crippen molar-refractivity contribution in [2.75, 3.05) is 33.3 Å². The Labute approximate surface area is 127 Å². The van der Waals surface area contributed by atoms with E-state index in [0.717, 1.165) is 13.1 Å². The molecule has 0 amide bonds. The molecule has 0 fully saturated rings. The van der Waals surface area contributed by atoms with Crippen molar-refractivity contribution in [3.63, 3.8) is 0 Å². The number of aliphatic hydroxyl groups excluding tert-OH is 1. The Balaban J connectivity index is 2.16. The lowest BCUT2D eigenvalue weighted by Crippen LogP contribution is -2.37. The van der Waals surface area contributed by atoms with E-state index >= 15 is 0 Å². The van der Waals surface area contributed by atoms with E-state index in [4.69, 9.17) is 10.00 Å². The molecule has 0 bridgehead atoms. The first kappa shape index (κ1) is 17.4. The van der Waals surface area contributed by atoms with Gasteiger partial charge in [-0.1, -0.05) is 0 Å². The largest absolute Gasteiger partial charge is 0.491 e. The highest BCUT2D eigenvalue weighted by atomic mass is 16.5. The predicted octanol–water partition coefficient (Wildman–Crippen LogP) is 1.23. The van der Waals surface area contributed by atoms with Gasteiger partial charge in [0.2, 0.25) is 0 Å². The van der Waals surface area contributed by atoms with Crippen LogP contribution in [-0.2, 0) is 0 Å². The summed E-state index contributed by atoms with van der Waals surface area (Å²) in [5.74, 6) is 0.660. The monoisotopic (exact) mass is 291 g/mol. The average Bonchev–Trinajstić information content (AvgIpc) is 2.49. The van der Waals surface area contributed by atoms with Crippen LogP contribution in [0.2, 0.25) is 0 Å². The second-order valence-electron chi connectivity index (χ2n) is 5.38. The Morgan fingerprint density at radius 3 is 2.57 bits per heavy atom. The van der Waals surface area contributed by atoms with Gasteiger partial charge in [0, 0.05) is 25.7 Å². The summed E-state index contributed by atoms with van der Waals surface area (Å²) < 4.78 is 5.47. The summed E-state index contributed by atoms with van der Waals surface area (Å²) in [6.45, 7) is 6.82. The van der Waals surface area contributed by atoms with Crippen molar-refractivity contribution in [2.45, 2.75) is 26.0 Å². The van der Waals surface area contributed by atoms with Crippen LogP contribution in [0.15, 0.2) is 24.3 Å². The minimum absolute atomic E-state index is 0.235. The van der Waals surface area contributed by atoms with Gasteiger partial charge in [0.05, 0.1) is 11.6 Å². The van der Waals surface area contributed by atoms with Crippen LogP contribution in [-0.4, -0.2) is 55.4 Å². The third-order valence-corrected chi connectivity index (χ3v) is 3.33. The van der Waals surface area contributed by atoms with E-state index in [9.17, 15) is 5.11 Å². The molecule has 21 heavy (non-hydrogen) atoms. The van der Waals surface area contributed by atoms with Gasteiger partial charge in [0.1, 0.15) is 18.5 Å². The molecule has 0 saturated carbocycles. The highest BCUT2D eigenvalue weighted by Gasteiger charge is 2.06. The third-order valence-electron chi connectivity index (χ3n) is 3.33. The first-order chi connectivity index (χ1) is 10.0. The molecule has 1 aromatic rings. The minimum atomic E-state index is -0.551. The molecule has 116 valence electrons. The van der Waals surface area contributed by atoms with Gasteiger partial charge in [-0.15, -0.1) is 0 Å². The van der Waals surface area contributed by atoms with Gasteiger partial charge in [0.25, 0.3) is 0 Å². The number of benzene rings is 1. The average molecular weight is 291 g/mol. The summed E-state index contributed by atoms with van der Waals surface area (Å²) in [5.41, 5.74) is 0.596. The fourth-order valence-electron chi connectivity index (χ4n) is 1.66. The summed E-state index contributed by atoms with van der Waals surface area (Å²) in [7, 11) is 2.08. The van der Waals surface area contributed by atoms with Crippen LogP contribution >= 0.6 is 0 Å². The topological polar surface area (TPSA) is 68.5 Å². The smallest absolute Gasteiger partial charge is 0.119 e. The number of rotatable bonds is 9. The highest BCUT2D eigenvalue weighted by molar-refractivity contribution is 5.34. The van der Waals surface area contributed by atoms with Crippen LogP contribution in [0.1, 0.15) is 19.4 Å². The lowest BCUT2D eigenvalue weighted by Gasteiger charge is -2.21. The number of aliphatic hydroxyl groups is 1. The summed E-state index contributed by atoms with van der Waals surface area (Å²) in [4.78, 5) is 2.24. The maximum absolute atomic E-state index is 9.83. The zero-order chi connectivity index (χ0) is 15.7. The SMILES string of the molecule is CC(C)N(C)CCNCC(O)COc1ccc(C#N)cc1. The molecule has 5 heteroatoms. The van der Waals surface area contributed by atoms with E-state index in [1.54, 1.807) is 24.3 Å². The van der Waals surface area contributed by atoms with Crippen LogP contribution < -0.4 is 10.1 Å². The Hall–Kier alpha value is -1.61. The van der Waals surface area contributed by atoms with Crippen molar-refractivity contribution in [3.05, 3.63) is 29.8 Å². The molecule has 5 nitrogen and oxygen atoms in total. The summed E-state index contributed by atoms with van der Waals surface area (Å²) >= 11 is 0. The molecule has 1 aromatic carbocycles. The minimum Gasteiger partial charge on any atom is -0.491 e. The van der Waals surface area contributed by atoms with Gasteiger partial charge >= 0.3 is 0 Å². The van der Waals surface area contributed by atoms with E-state index < -0.39 is 6.10 Å². The summed E-state index contributed by atoms with van der Waals surface area (Å²) in [6.07, 6.45) is -0.551. The van der Waals surface area contributed by atoms with Crippen LogP contribution in [0.4, 0.5) is 0 Å². The predicted molar refractivity (Wildman–Crippen MR) is 83.3 cm³/mol. The lowest BCUT2D eigenvalue weighted by molar-refractivity contribution is 0.105. The van der Waals surface area contributed by atoms with E-state index in [1.807, 2.05) is 0 Å². The van der Waals surface area contributed by atoms with Gasteiger partial charge in [-0.3, -0.25) is 0 Å². The quantitative estimate of drug-likeness (QED) is 0.670. The van der Waals surface area contributed by atoms with Crippen molar-refractivity contribution in [2.24, 2.45) is 0 Å². The van der Waals surface area contributed by atoms with E-state index in [2.05, 4.69) is 37.2 Å². The molecule has 0 aliphatic rings. The number of ether oxygens (including phenoxy) is 1. The van der Waals surface area contributed by atoms with Gasteiger partial charge < -0.3 is 20.1 Å². The number of nitrogens with one attached hydrogen (secondary N) is 1. The van der Waals surface area contributed by atoms with Gasteiger partial charge in [-0.05, 0) is 45.2 Å². The lowest BCUT2D eigenvalue weighted by atomic mass is 10.2.